The van der Waals surface area contributed by atoms with Crippen molar-refractivity contribution in [2.24, 2.45) is 11.1 Å². The number of likely N-dealkylation sites (tertiary alicyclic amines) is 1. The van der Waals surface area contributed by atoms with Crippen LogP contribution in [0.3, 0.4) is 0 Å². The summed E-state index contributed by atoms with van der Waals surface area (Å²) in [6, 6.07) is 5.50. The van der Waals surface area contributed by atoms with Gasteiger partial charge < -0.3 is 5.73 Å². The van der Waals surface area contributed by atoms with Crippen LogP contribution in [0.4, 0.5) is 4.39 Å². The number of nitrogens with two attached hydrogens (primary N) is 1. The van der Waals surface area contributed by atoms with Gasteiger partial charge in [0.1, 0.15) is 5.82 Å². The van der Waals surface area contributed by atoms with Gasteiger partial charge in [0.2, 0.25) is 0 Å². The molecule has 0 amide bonds. The minimum atomic E-state index is -0.142. The zero-order chi connectivity index (χ0) is 13.3. The number of halogens is 2. The van der Waals surface area contributed by atoms with Crippen molar-refractivity contribution in [3.8, 4) is 0 Å². The van der Waals surface area contributed by atoms with E-state index in [1.807, 2.05) is 12.1 Å². The molecule has 2 nitrogen and oxygen atoms in total. The molecule has 1 saturated heterocycles. The average molecular weight is 315 g/mol. The Bertz CT molecular complexity index is 434. The number of hydrogen-bond donors (Lipinski definition) is 1. The summed E-state index contributed by atoms with van der Waals surface area (Å²) in [5, 5.41) is 0. The molecule has 1 aliphatic rings. The zero-order valence-corrected chi connectivity index (χ0v) is 12.5. The number of rotatable bonds is 2. The molecule has 0 saturated carbocycles. The highest BCUT2D eigenvalue weighted by atomic mass is 79.9. The molecule has 1 aliphatic heterocycles. The molecule has 1 aromatic carbocycles. The van der Waals surface area contributed by atoms with E-state index in [0.29, 0.717) is 6.54 Å². The van der Waals surface area contributed by atoms with E-state index >= 15 is 0 Å². The van der Waals surface area contributed by atoms with E-state index in [9.17, 15) is 4.39 Å². The molecule has 0 spiro atoms. The maximum absolute atomic E-state index is 13.8. The largest absolute Gasteiger partial charge is 0.327 e. The second-order valence-electron chi connectivity index (χ2n) is 5.83. The van der Waals surface area contributed by atoms with Crippen molar-refractivity contribution in [2.75, 3.05) is 13.1 Å². The van der Waals surface area contributed by atoms with Gasteiger partial charge >= 0.3 is 0 Å². The Morgan fingerprint density at radius 1 is 1.50 bits per heavy atom. The van der Waals surface area contributed by atoms with E-state index in [1.54, 1.807) is 0 Å². The van der Waals surface area contributed by atoms with Gasteiger partial charge in [-0.15, -0.1) is 0 Å². The van der Waals surface area contributed by atoms with Gasteiger partial charge in [-0.2, -0.15) is 0 Å². The third-order valence-electron chi connectivity index (χ3n) is 3.80. The quantitative estimate of drug-likeness (QED) is 0.908. The minimum Gasteiger partial charge on any atom is -0.327 e. The van der Waals surface area contributed by atoms with E-state index in [4.69, 9.17) is 5.73 Å². The fourth-order valence-corrected chi connectivity index (χ4v) is 2.84. The highest BCUT2D eigenvalue weighted by molar-refractivity contribution is 9.10. The van der Waals surface area contributed by atoms with E-state index in [0.717, 1.165) is 29.5 Å². The third kappa shape index (κ3) is 3.11. The first-order valence-corrected chi connectivity index (χ1v) is 7.10. The first-order chi connectivity index (χ1) is 8.38. The molecule has 1 atom stereocenters. The summed E-state index contributed by atoms with van der Waals surface area (Å²) in [7, 11) is 0. The highest BCUT2D eigenvalue weighted by Crippen LogP contribution is 2.29. The van der Waals surface area contributed by atoms with Gasteiger partial charge in [0.05, 0.1) is 0 Å². The van der Waals surface area contributed by atoms with E-state index < -0.39 is 0 Å². The fraction of sp³-hybridized carbons (Fsp3) is 0.571. The predicted octanol–water partition coefficient (Wildman–Crippen LogP) is 3.15. The van der Waals surface area contributed by atoms with Gasteiger partial charge in [0.25, 0.3) is 0 Å². The number of nitrogens with zero attached hydrogens (tertiary/aromatic N) is 1. The Hall–Kier alpha value is -0.450. The van der Waals surface area contributed by atoms with E-state index in [2.05, 4.69) is 34.7 Å². The second-order valence-corrected chi connectivity index (χ2v) is 6.75. The van der Waals surface area contributed by atoms with Crippen molar-refractivity contribution in [1.29, 1.82) is 0 Å². The summed E-state index contributed by atoms with van der Waals surface area (Å²) in [5.74, 6) is -0.142. The maximum Gasteiger partial charge on any atom is 0.128 e. The molecule has 1 heterocycles. The molecule has 0 aromatic heterocycles. The topological polar surface area (TPSA) is 29.3 Å². The maximum atomic E-state index is 13.8. The number of piperidine rings is 1. The van der Waals surface area contributed by atoms with Gasteiger partial charge in [0, 0.05) is 35.7 Å². The number of benzene rings is 1. The summed E-state index contributed by atoms with van der Waals surface area (Å²) in [4.78, 5) is 2.29. The summed E-state index contributed by atoms with van der Waals surface area (Å²) >= 11 is 3.28. The van der Waals surface area contributed by atoms with Gasteiger partial charge in [-0.3, -0.25) is 4.90 Å². The molecular formula is C14H20BrFN2. The van der Waals surface area contributed by atoms with Crippen molar-refractivity contribution < 1.29 is 4.39 Å². The normalized spacial score (nSPS) is 24.2. The molecular weight excluding hydrogens is 295 g/mol. The fourth-order valence-electron chi connectivity index (χ4n) is 2.51. The molecule has 2 rings (SSSR count). The van der Waals surface area contributed by atoms with Crippen LogP contribution in [0.15, 0.2) is 22.7 Å². The summed E-state index contributed by atoms with van der Waals surface area (Å²) in [6.45, 7) is 6.89. The van der Waals surface area contributed by atoms with Crippen LogP contribution in [0, 0.1) is 11.2 Å². The Balaban J connectivity index is 2.06. The van der Waals surface area contributed by atoms with Crippen molar-refractivity contribution in [1.82, 2.24) is 4.90 Å². The Morgan fingerprint density at radius 3 is 2.83 bits per heavy atom. The SMILES string of the molecule is CC1(C)CN(Cc2ccc(Br)cc2F)CCC1N. The molecule has 1 fully saturated rings. The average Bonchev–Trinajstić information content (AvgIpc) is 2.27. The molecule has 0 bridgehead atoms. The van der Waals surface area contributed by atoms with Crippen molar-refractivity contribution in [3.05, 3.63) is 34.1 Å². The molecule has 1 unspecified atom stereocenters. The van der Waals surface area contributed by atoms with Crippen LogP contribution >= 0.6 is 15.9 Å². The Labute approximate surface area is 116 Å². The van der Waals surface area contributed by atoms with Gasteiger partial charge in [0.15, 0.2) is 0 Å². The van der Waals surface area contributed by atoms with Crippen LogP contribution in [0.5, 0.6) is 0 Å². The molecule has 100 valence electrons. The van der Waals surface area contributed by atoms with Crippen molar-refractivity contribution in [2.45, 2.75) is 32.9 Å². The molecule has 4 heteroatoms. The smallest absolute Gasteiger partial charge is 0.128 e. The Kier molecular flexibility index (Phi) is 4.09. The highest BCUT2D eigenvalue weighted by Gasteiger charge is 2.33. The lowest BCUT2D eigenvalue weighted by molar-refractivity contribution is 0.0890. The zero-order valence-electron chi connectivity index (χ0n) is 10.9. The molecule has 1 aromatic rings. The van der Waals surface area contributed by atoms with Crippen LogP contribution in [-0.4, -0.2) is 24.0 Å². The predicted molar refractivity (Wildman–Crippen MR) is 75.8 cm³/mol. The van der Waals surface area contributed by atoms with Crippen LogP contribution in [0.25, 0.3) is 0 Å². The molecule has 0 aliphatic carbocycles. The molecule has 2 N–H and O–H groups in total. The third-order valence-corrected chi connectivity index (χ3v) is 4.29. The lowest BCUT2D eigenvalue weighted by Gasteiger charge is -2.42. The standard InChI is InChI=1S/C14H20BrFN2/c1-14(2)9-18(6-5-13(14)17)8-10-3-4-11(15)7-12(10)16/h3-4,7,13H,5-6,8-9,17H2,1-2H3. The van der Waals surface area contributed by atoms with Crippen LogP contribution in [-0.2, 0) is 6.54 Å². The van der Waals surface area contributed by atoms with Gasteiger partial charge in [-0.1, -0.05) is 35.8 Å². The number of hydrogen-bond acceptors (Lipinski definition) is 2. The van der Waals surface area contributed by atoms with E-state index in [-0.39, 0.29) is 17.3 Å². The summed E-state index contributed by atoms with van der Waals surface area (Å²) in [5.41, 5.74) is 6.97. The van der Waals surface area contributed by atoms with Crippen LogP contribution in [0.2, 0.25) is 0 Å². The molecule has 18 heavy (non-hydrogen) atoms. The first-order valence-electron chi connectivity index (χ1n) is 6.30. The minimum absolute atomic E-state index is 0.101. The molecule has 0 radical (unpaired) electrons. The van der Waals surface area contributed by atoms with Crippen molar-refractivity contribution >= 4 is 15.9 Å². The Morgan fingerprint density at radius 2 is 2.22 bits per heavy atom. The second kappa shape index (κ2) is 5.27. The lowest BCUT2D eigenvalue weighted by atomic mass is 9.79. The van der Waals surface area contributed by atoms with Crippen molar-refractivity contribution in [3.63, 3.8) is 0 Å². The van der Waals surface area contributed by atoms with Gasteiger partial charge in [-0.05, 0) is 24.0 Å². The van der Waals surface area contributed by atoms with E-state index in [1.165, 1.54) is 6.07 Å². The van der Waals surface area contributed by atoms with Gasteiger partial charge in [-0.25, -0.2) is 4.39 Å². The summed E-state index contributed by atoms with van der Waals surface area (Å²) < 4.78 is 14.6. The lowest BCUT2D eigenvalue weighted by Crippen LogP contribution is -2.52. The van der Waals surface area contributed by atoms with Crippen LogP contribution < -0.4 is 5.73 Å². The summed E-state index contributed by atoms with van der Waals surface area (Å²) in [6.07, 6.45) is 0.977. The van der Waals surface area contributed by atoms with Crippen LogP contribution in [0.1, 0.15) is 25.8 Å². The monoisotopic (exact) mass is 314 g/mol. The first kappa shape index (κ1) is 14.0.